The number of likely N-dealkylation sites (tertiary alicyclic amines) is 1. The number of rotatable bonds is 3. The summed E-state index contributed by atoms with van der Waals surface area (Å²) in [6, 6.07) is 4.98. The lowest BCUT2D eigenvalue weighted by Crippen LogP contribution is -2.41. The van der Waals surface area contributed by atoms with Crippen molar-refractivity contribution in [2.45, 2.75) is 31.4 Å². The molecule has 0 spiro atoms. The maximum absolute atomic E-state index is 12.6. The lowest BCUT2D eigenvalue weighted by molar-refractivity contribution is -0.146. The van der Waals surface area contributed by atoms with Crippen molar-refractivity contribution in [2.24, 2.45) is 11.8 Å². The van der Waals surface area contributed by atoms with Crippen LogP contribution in [0.5, 0.6) is 0 Å². The van der Waals surface area contributed by atoms with E-state index in [9.17, 15) is 22.8 Å². The Morgan fingerprint density at radius 2 is 1.67 bits per heavy atom. The highest BCUT2D eigenvalue weighted by atomic mass is 19.4. The second-order valence-electron chi connectivity index (χ2n) is 6.51. The predicted molar refractivity (Wildman–Crippen MR) is 79.2 cm³/mol. The van der Waals surface area contributed by atoms with E-state index in [4.69, 9.17) is 5.11 Å². The molecular formula is C17H18F3NO3. The minimum Gasteiger partial charge on any atom is -0.481 e. The van der Waals surface area contributed by atoms with Crippen molar-refractivity contribution in [3.63, 3.8) is 0 Å². The molecule has 24 heavy (non-hydrogen) atoms. The number of hydrogen-bond acceptors (Lipinski definition) is 2. The third kappa shape index (κ3) is 3.39. The first-order valence-electron chi connectivity index (χ1n) is 7.96. The van der Waals surface area contributed by atoms with Crippen molar-refractivity contribution in [2.75, 3.05) is 13.1 Å². The average Bonchev–Trinajstić information content (AvgIpc) is 3.34. The molecule has 2 fully saturated rings. The van der Waals surface area contributed by atoms with Gasteiger partial charge in [0.15, 0.2) is 0 Å². The van der Waals surface area contributed by atoms with Gasteiger partial charge in [-0.3, -0.25) is 9.59 Å². The maximum Gasteiger partial charge on any atom is 0.416 e. The van der Waals surface area contributed by atoms with Crippen molar-refractivity contribution in [3.05, 3.63) is 35.4 Å². The Bertz CT molecular complexity index is 633. The van der Waals surface area contributed by atoms with Crippen molar-refractivity contribution in [1.82, 2.24) is 4.90 Å². The normalized spacial score (nSPS) is 24.7. The van der Waals surface area contributed by atoms with Gasteiger partial charge in [-0.2, -0.15) is 13.2 Å². The minimum atomic E-state index is -4.36. The first kappa shape index (κ1) is 16.8. The SMILES string of the molecule is O=C(O)C1CCN(C(=O)[C@@H]2C[C@H]2c2ccc(C(F)(F)F)cc2)CC1. The van der Waals surface area contributed by atoms with Gasteiger partial charge in [-0.15, -0.1) is 0 Å². The van der Waals surface area contributed by atoms with Gasteiger partial charge >= 0.3 is 12.1 Å². The van der Waals surface area contributed by atoms with Crippen LogP contribution in [0.1, 0.15) is 36.3 Å². The molecule has 2 atom stereocenters. The first-order chi connectivity index (χ1) is 11.3. The van der Waals surface area contributed by atoms with Crippen LogP contribution in [0, 0.1) is 11.8 Å². The Morgan fingerprint density at radius 1 is 1.08 bits per heavy atom. The molecule has 2 aliphatic rings. The summed E-state index contributed by atoms with van der Waals surface area (Å²) < 4.78 is 37.7. The van der Waals surface area contributed by atoms with Crippen LogP contribution in [0.3, 0.4) is 0 Å². The van der Waals surface area contributed by atoms with Gasteiger partial charge < -0.3 is 10.0 Å². The number of alkyl halides is 3. The molecule has 1 aliphatic carbocycles. The average molecular weight is 341 g/mol. The minimum absolute atomic E-state index is 0.0104. The van der Waals surface area contributed by atoms with Crippen molar-refractivity contribution < 1.29 is 27.9 Å². The molecule has 130 valence electrons. The van der Waals surface area contributed by atoms with E-state index in [1.54, 1.807) is 4.90 Å². The van der Waals surface area contributed by atoms with Gasteiger partial charge in [-0.1, -0.05) is 12.1 Å². The van der Waals surface area contributed by atoms with Crippen LogP contribution in [-0.4, -0.2) is 35.0 Å². The molecule has 1 heterocycles. The van der Waals surface area contributed by atoms with E-state index in [1.807, 2.05) is 0 Å². The smallest absolute Gasteiger partial charge is 0.416 e. The van der Waals surface area contributed by atoms with Crippen molar-refractivity contribution in [1.29, 1.82) is 0 Å². The lowest BCUT2D eigenvalue weighted by Gasteiger charge is -2.30. The summed E-state index contributed by atoms with van der Waals surface area (Å²) in [7, 11) is 0. The topological polar surface area (TPSA) is 57.6 Å². The van der Waals surface area contributed by atoms with Crippen LogP contribution in [0.15, 0.2) is 24.3 Å². The van der Waals surface area contributed by atoms with Gasteiger partial charge in [-0.05, 0) is 42.9 Å². The summed E-state index contributed by atoms with van der Waals surface area (Å²) >= 11 is 0. The third-order valence-corrected chi connectivity index (χ3v) is 4.93. The fourth-order valence-corrected chi connectivity index (χ4v) is 3.34. The highest BCUT2D eigenvalue weighted by Gasteiger charge is 2.46. The van der Waals surface area contributed by atoms with E-state index in [0.717, 1.165) is 17.7 Å². The fourth-order valence-electron chi connectivity index (χ4n) is 3.34. The highest BCUT2D eigenvalue weighted by Crippen LogP contribution is 2.49. The standard InChI is InChI=1S/C17H18F3NO3/c18-17(19,20)12-3-1-10(2-4-12)13-9-14(13)15(22)21-7-5-11(6-8-21)16(23)24/h1-4,11,13-14H,5-9H2,(H,23,24)/t13-,14+/m0/s1. The monoisotopic (exact) mass is 341 g/mol. The summed E-state index contributed by atoms with van der Waals surface area (Å²) in [6.07, 6.45) is -2.80. The summed E-state index contributed by atoms with van der Waals surface area (Å²) in [5, 5.41) is 8.97. The molecule has 1 aromatic carbocycles. The van der Waals surface area contributed by atoms with E-state index in [-0.39, 0.29) is 23.7 Å². The fraction of sp³-hybridized carbons (Fsp3) is 0.529. The number of carboxylic acids is 1. The van der Waals surface area contributed by atoms with E-state index in [2.05, 4.69) is 0 Å². The Kier molecular flexibility index (Phi) is 4.27. The van der Waals surface area contributed by atoms with Crippen LogP contribution in [0.25, 0.3) is 0 Å². The number of halogens is 3. The molecule has 0 aromatic heterocycles. The number of benzene rings is 1. The lowest BCUT2D eigenvalue weighted by atomic mass is 9.96. The maximum atomic E-state index is 12.6. The van der Waals surface area contributed by atoms with Gasteiger partial charge in [0.25, 0.3) is 0 Å². The van der Waals surface area contributed by atoms with Gasteiger partial charge in [0, 0.05) is 19.0 Å². The molecule has 1 saturated carbocycles. The molecule has 7 heteroatoms. The van der Waals surface area contributed by atoms with E-state index >= 15 is 0 Å². The summed E-state index contributed by atoms with van der Waals surface area (Å²) in [5.41, 5.74) is 0.0623. The molecule has 4 nitrogen and oxygen atoms in total. The quantitative estimate of drug-likeness (QED) is 0.919. The zero-order chi connectivity index (χ0) is 17.5. The van der Waals surface area contributed by atoms with Crippen LogP contribution in [0.2, 0.25) is 0 Å². The Morgan fingerprint density at radius 3 is 2.17 bits per heavy atom. The molecule has 0 radical (unpaired) electrons. The second kappa shape index (κ2) is 6.11. The number of amides is 1. The third-order valence-electron chi connectivity index (χ3n) is 4.93. The second-order valence-corrected chi connectivity index (χ2v) is 6.51. The predicted octanol–water partition coefficient (Wildman–Crippen LogP) is 3.13. The number of hydrogen-bond donors (Lipinski definition) is 1. The molecule has 0 unspecified atom stereocenters. The number of aliphatic carboxylic acids is 1. The Balaban J connectivity index is 1.57. The van der Waals surface area contributed by atoms with Crippen LogP contribution >= 0.6 is 0 Å². The van der Waals surface area contributed by atoms with Gasteiger partial charge in [0.1, 0.15) is 0 Å². The van der Waals surface area contributed by atoms with Gasteiger partial charge in [0.05, 0.1) is 11.5 Å². The molecule has 1 amide bonds. The van der Waals surface area contributed by atoms with E-state index in [1.165, 1.54) is 12.1 Å². The highest BCUT2D eigenvalue weighted by molar-refractivity contribution is 5.83. The zero-order valence-corrected chi connectivity index (χ0v) is 12.9. The largest absolute Gasteiger partial charge is 0.481 e. The van der Waals surface area contributed by atoms with Crippen LogP contribution in [-0.2, 0) is 15.8 Å². The Hall–Kier alpha value is -2.05. The van der Waals surface area contributed by atoms with Crippen molar-refractivity contribution >= 4 is 11.9 Å². The molecular weight excluding hydrogens is 323 g/mol. The molecule has 1 N–H and O–H groups in total. The summed E-state index contributed by atoms with van der Waals surface area (Å²) in [5.74, 6) is -1.45. The molecule has 0 bridgehead atoms. The number of nitrogens with zero attached hydrogens (tertiary/aromatic N) is 1. The molecule has 1 saturated heterocycles. The summed E-state index contributed by atoms with van der Waals surface area (Å²) in [4.78, 5) is 25.1. The summed E-state index contributed by atoms with van der Waals surface area (Å²) in [6.45, 7) is 0.873. The first-order valence-corrected chi connectivity index (χ1v) is 7.96. The number of carboxylic acid groups (broad SMARTS) is 1. The number of carbonyl (C=O) groups is 2. The van der Waals surface area contributed by atoms with E-state index in [0.29, 0.717) is 32.4 Å². The van der Waals surface area contributed by atoms with Crippen LogP contribution < -0.4 is 0 Å². The Labute approximate surface area is 137 Å². The van der Waals surface area contributed by atoms with Crippen LogP contribution in [0.4, 0.5) is 13.2 Å². The zero-order valence-electron chi connectivity index (χ0n) is 12.9. The molecule has 1 aromatic rings. The van der Waals surface area contributed by atoms with Crippen molar-refractivity contribution in [3.8, 4) is 0 Å². The van der Waals surface area contributed by atoms with Gasteiger partial charge in [-0.25, -0.2) is 0 Å². The van der Waals surface area contributed by atoms with E-state index < -0.39 is 17.7 Å². The molecule has 1 aliphatic heterocycles. The number of carbonyl (C=O) groups excluding carboxylic acids is 1. The number of piperidine rings is 1. The molecule has 3 rings (SSSR count). The van der Waals surface area contributed by atoms with Gasteiger partial charge in [0.2, 0.25) is 5.91 Å².